The SMILES string of the molecule is C=COCC(C)OCC(C)OC(C)COC(=O)C(=C)C. The van der Waals surface area contributed by atoms with E-state index in [9.17, 15) is 4.79 Å². The van der Waals surface area contributed by atoms with Gasteiger partial charge >= 0.3 is 5.97 Å². The zero-order chi connectivity index (χ0) is 15.5. The van der Waals surface area contributed by atoms with Crippen LogP contribution in [-0.4, -0.2) is 44.1 Å². The number of hydrogen-bond acceptors (Lipinski definition) is 5. The predicted octanol–water partition coefficient (Wildman–Crippen LogP) is 2.46. The summed E-state index contributed by atoms with van der Waals surface area (Å²) in [7, 11) is 0. The molecule has 0 saturated carbocycles. The Bertz CT molecular complexity index is 313. The van der Waals surface area contributed by atoms with E-state index in [1.54, 1.807) is 6.92 Å². The third-order valence-corrected chi connectivity index (χ3v) is 2.33. The lowest BCUT2D eigenvalue weighted by molar-refractivity contribution is -0.145. The Kier molecular flexibility index (Phi) is 9.76. The quantitative estimate of drug-likeness (QED) is 0.332. The Morgan fingerprint density at radius 3 is 2.25 bits per heavy atom. The van der Waals surface area contributed by atoms with Crippen LogP contribution in [0.25, 0.3) is 0 Å². The molecule has 3 atom stereocenters. The molecule has 0 aromatic heterocycles. The lowest BCUT2D eigenvalue weighted by Gasteiger charge is -2.21. The van der Waals surface area contributed by atoms with Crippen LogP contribution in [0.15, 0.2) is 25.0 Å². The second kappa shape index (κ2) is 10.5. The summed E-state index contributed by atoms with van der Waals surface area (Å²) in [6, 6.07) is 0. The Morgan fingerprint density at radius 1 is 1.10 bits per heavy atom. The first kappa shape index (κ1) is 18.7. The van der Waals surface area contributed by atoms with Crippen LogP contribution in [0, 0.1) is 0 Å². The zero-order valence-electron chi connectivity index (χ0n) is 12.9. The molecular weight excluding hydrogens is 260 g/mol. The first-order valence-corrected chi connectivity index (χ1v) is 6.69. The highest BCUT2D eigenvalue weighted by Crippen LogP contribution is 2.03. The van der Waals surface area contributed by atoms with Gasteiger partial charge in [0.1, 0.15) is 13.2 Å². The van der Waals surface area contributed by atoms with Crippen molar-refractivity contribution in [2.45, 2.75) is 46.0 Å². The topological polar surface area (TPSA) is 54.0 Å². The summed E-state index contributed by atoms with van der Waals surface area (Å²) in [5, 5.41) is 0. The summed E-state index contributed by atoms with van der Waals surface area (Å²) in [6.45, 7) is 15.3. The van der Waals surface area contributed by atoms with Crippen LogP contribution < -0.4 is 0 Å². The number of esters is 1. The van der Waals surface area contributed by atoms with Crippen LogP contribution in [0.3, 0.4) is 0 Å². The van der Waals surface area contributed by atoms with Gasteiger partial charge in [-0.1, -0.05) is 13.2 Å². The molecule has 0 aromatic carbocycles. The Morgan fingerprint density at radius 2 is 1.70 bits per heavy atom. The van der Waals surface area contributed by atoms with Crippen molar-refractivity contribution >= 4 is 5.97 Å². The first-order valence-electron chi connectivity index (χ1n) is 6.69. The maximum atomic E-state index is 11.2. The molecule has 0 spiro atoms. The first-order chi connectivity index (χ1) is 9.36. The highest BCUT2D eigenvalue weighted by molar-refractivity contribution is 5.86. The van der Waals surface area contributed by atoms with E-state index in [0.717, 1.165) is 0 Å². The number of hydrogen-bond donors (Lipinski definition) is 0. The van der Waals surface area contributed by atoms with Crippen LogP contribution in [0.4, 0.5) is 0 Å². The van der Waals surface area contributed by atoms with Gasteiger partial charge in [0.2, 0.25) is 0 Å². The monoisotopic (exact) mass is 286 g/mol. The van der Waals surface area contributed by atoms with Gasteiger partial charge in [-0.3, -0.25) is 0 Å². The van der Waals surface area contributed by atoms with Gasteiger partial charge in [0.15, 0.2) is 0 Å². The minimum Gasteiger partial charge on any atom is -0.499 e. The number of carbonyl (C=O) groups is 1. The maximum absolute atomic E-state index is 11.2. The lowest BCUT2D eigenvalue weighted by Crippen LogP contribution is -2.28. The van der Waals surface area contributed by atoms with Crippen LogP contribution in [0.1, 0.15) is 27.7 Å². The lowest BCUT2D eigenvalue weighted by atomic mass is 10.3. The van der Waals surface area contributed by atoms with Crippen LogP contribution in [0.5, 0.6) is 0 Å². The van der Waals surface area contributed by atoms with Gasteiger partial charge in [0.25, 0.3) is 0 Å². The van der Waals surface area contributed by atoms with Gasteiger partial charge in [0.05, 0.1) is 31.2 Å². The molecule has 0 bridgehead atoms. The molecule has 0 amide bonds. The molecule has 0 aliphatic carbocycles. The average molecular weight is 286 g/mol. The summed E-state index contributed by atoms with van der Waals surface area (Å²) in [6.07, 6.45) is 1.06. The number of ether oxygens (including phenoxy) is 4. The van der Waals surface area contributed by atoms with Gasteiger partial charge in [-0.25, -0.2) is 4.79 Å². The van der Waals surface area contributed by atoms with Gasteiger partial charge in [-0.2, -0.15) is 0 Å². The third kappa shape index (κ3) is 9.58. The van der Waals surface area contributed by atoms with Crippen molar-refractivity contribution in [3.63, 3.8) is 0 Å². The van der Waals surface area contributed by atoms with Crippen molar-refractivity contribution in [2.24, 2.45) is 0 Å². The van der Waals surface area contributed by atoms with Crippen molar-refractivity contribution in [3.8, 4) is 0 Å². The summed E-state index contributed by atoms with van der Waals surface area (Å²) in [5.74, 6) is -0.403. The molecule has 3 unspecified atom stereocenters. The van der Waals surface area contributed by atoms with E-state index in [0.29, 0.717) is 18.8 Å². The van der Waals surface area contributed by atoms with Gasteiger partial charge < -0.3 is 18.9 Å². The highest BCUT2D eigenvalue weighted by atomic mass is 16.6. The van der Waals surface area contributed by atoms with Crippen LogP contribution in [0.2, 0.25) is 0 Å². The van der Waals surface area contributed by atoms with Crippen molar-refractivity contribution in [2.75, 3.05) is 19.8 Å². The van der Waals surface area contributed by atoms with E-state index < -0.39 is 5.97 Å². The molecule has 0 radical (unpaired) electrons. The van der Waals surface area contributed by atoms with E-state index in [1.807, 2.05) is 20.8 Å². The van der Waals surface area contributed by atoms with Crippen LogP contribution in [-0.2, 0) is 23.7 Å². The molecule has 0 fully saturated rings. The van der Waals surface area contributed by atoms with Gasteiger partial charge in [0, 0.05) is 5.57 Å². The fourth-order valence-electron chi connectivity index (χ4n) is 1.34. The molecule has 0 heterocycles. The Balaban J connectivity index is 3.78. The fourth-order valence-corrected chi connectivity index (χ4v) is 1.34. The minimum atomic E-state index is -0.403. The normalized spacial score (nSPS) is 15.0. The molecular formula is C15H26O5. The van der Waals surface area contributed by atoms with Crippen molar-refractivity contribution < 1.29 is 23.7 Å². The molecule has 0 rings (SSSR count). The fraction of sp³-hybridized carbons (Fsp3) is 0.667. The second-order valence-electron chi connectivity index (χ2n) is 4.78. The summed E-state index contributed by atoms with van der Waals surface area (Å²) in [5.41, 5.74) is 0.379. The van der Waals surface area contributed by atoms with Crippen molar-refractivity contribution in [1.82, 2.24) is 0 Å². The van der Waals surface area contributed by atoms with Gasteiger partial charge in [-0.05, 0) is 27.7 Å². The second-order valence-corrected chi connectivity index (χ2v) is 4.78. The molecule has 116 valence electrons. The standard InChI is InChI=1S/C15H26O5/c1-7-17-8-12(4)18-9-13(5)20-14(6)10-19-15(16)11(2)3/h7,12-14H,1-2,8-10H2,3-6H3. The van der Waals surface area contributed by atoms with Gasteiger partial charge in [-0.15, -0.1) is 0 Å². The molecule has 0 aliphatic rings. The van der Waals surface area contributed by atoms with E-state index in [1.165, 1.54) is 6.26 Å². The largest absolute Gasteiger partial charge is 0.499 e. The number of carbonyl (C=O) groups excluding carboxylic acids is 1. The van der Waals surface area contributed by atoms with Crippen molar-refractivity contribution in [3.05, 3.63) is 25.0 Å². The average Bonchev–Trinajstić information content (AvgIpc) is 2.39. The van der Waals surface area contributed by atoms with E-state index in [-0.39, 0.29) is 24.9 Å². The maximum Gasteiger partial charge on any atom is 0.333 e. The summed E-state index contributed by atoms with van der Waals surface area (Å²) >= 11 is 0. The predicted molar refractivity (Wildman–Crippen MR) is 77.3 cm³/mol. The highest BCUT2D eigenvalue weighted by Gasteiger charge is 2.13. The molecule has 0 saturated heterocycles. The van der Waals surface area contributed by atoms with Crippen LogP contribution >= 0.6 is 0 Å². The third-order valence-electron chi connectivity index (χ3n) is 2.33. The Labute approximate surface area is 121 Å². The van der Waals surface area contributed by atoms with E-state index >= 15 is 0 Å². The smallest absolute Gasteiger partial charge is 0.333 e. The molecule has 0 N–H and O–H groups in total. The Hall–Kier alpha value is -1.33. The van der Waals surface area contributed by atoms with Crippen molar-refractivity contribution in [1.29, 1.82) is 0 Å². The summed E-state index contributed by atoms with van der Waals surface area (Å²) in [4.78, 5) is 11.2. The molecule has 5 heteroatoms. The number of rotatable bonds is 11. The molecule has 20 heavy (non-hydrogen) atoms. The molecule has 0 aliphatic heterocycles. The summed E-state index contributed by atoms with van der Waals surface area (Å²) < 4.78 is 21.2. The minimum absolute atomic E-state index is 0.0319. The molecule has 5 nitrogen and oxygen atoms in total. The van der Waals surface area contributed by atoms with E-state index in [2.05, 4.69) is 13.2 Å². The zero-order valence-corrected chi connectivity index (χ0v) is 12.9. The molecule has 0 aromatic rings. The van der Waals surface area contributed by atoms with E-state index in [4.69, 9.17) is 18.9 Å².